The van der Waals surface area contributed by atoms with Crippen molar-refractivity contribution in [3.05, 3.63) is 0 Å². The van der Waals surface area contributed by atoms with Crippen LogP contribution >= 0.6 is 0 Å². The average Bonchev–Trinajstić information content (AvgIpc) is 2.05. The van der Waals surface area contributed by atoms with Crippen molar-refractivity contribution in [1.82, 2.24) is 4.90 Å². The molecule has 0 aromatic rings. The summed E-state index contributed by atoms with van der Waals surface area (Å²) in [6.07, 6.45) is -0.664. The number of imide groups is 1. The molecule has 5 nitrogen and oxygen atoms in total. The number of carbonyl (C=O) groups excluding carboxylic acids is 2. The van der Waals surface area contributed by atoms with Gasteiger partial charge in [0.2, 0.25) is 0 Å². The smallest absolute Gasteiger partial charge is 0.418 e. The molecular formula is C6H10N2O3. The van der Waals surface area contributed by atoms with E-state index in [9.17, 15) is 9.59 Å². The lowest BCUT2D eigenvalue weighted by Crippen LogP contribution is -2.37. The first-order valence-electron chi connectivity index (χ1n) is 3.22. The number of amides is 3. The monoisotopic (exact) mass is 158 g/mol. The molecule has 0 spiro atoms. The molecule has 1 heterocycles. The molecule has 0 aromatic carbocycles. The second kappa shape index (κ2) is 2.11. The topological polar surface area (TPSA) is 72.6 Å². The molecule has 0 radical (unpaired) electrons. The Bertz CT molecular complexity index is 212. The van der Waals surface area contributed by atoms with Crippen LogP contribution < -0.4 is 5.73 Å². The van der Waals surface area contributed by atoms with Crippen LogP contribution in [0.5, 0.6) is 0 Å². The van der Waals surface area contributed by atoms with Gasteiger partial charge in [-0.2, -0.15) is 0 Å². The summed E-state index contributed by atoms with van der Waals surface area (Å²) >= 11 is 0. The summed E-state index contributed by atoms with van der Waals surface area (Å²) in [6.45, 7) is 3.66. The standard InChI is InChI=1S/C6H10N2O3/c1-6(2)3-8(4(7)9)5(10)11-6/h3H2,1-2H3,(H2,7,9). The molecule has 1 saturated heterocycles. The van der Waals surface area contributed by atoms with Crippen LogP contribution in [0.3, 0.4) is 0 Å². The number of carbonyl (C=O) groups is 2. The zero-order valence-electron chi connectivity index (χ0n) is 6.46. The minimum absolute atomic E-state index is 0.223. The number of cyclic esters (lactones) is 1. The molecule has 0 unspecified atom stereocenters. The number of hydrogen-bond acceptors (Lipinski definition) is 3. The largest absolute Gasteiger partial charge is 0.441 e. The third-order valence-corrected chi connectivity index (χ3v) is 1.39. The van der Waals surface area contributed by atoms with E-state index in [1.54, 1.807) is 13.8 Å². The molecule has 0 atom stereocenters. The summed E-state index contributed by atoms with van der Waals surface area (Å²) in [7, 11) is 0. The van der Waals surface area contributed by atoms with E-state index in [1.165, 1.54) is 0 Å². The molecule has 62 valence electrons. The van der Waals surface area contributed by atoms with Crippen molar-refractivity contribution in [1.29, 1.82) is 0 Å². The second-order valence-corrected chi connectivity index (χ2v) is 3.05. The van der Waals surface area contributed by atoms with Crippen LogP contribution in [0.15, 0.2) is 0 Å². The molecule has 1 rings (SSSR count). The van der Waals surface area contributed by atoms with Gasteiger partial charge in [0.05, 0.1) is 6.54 Å². The molecule has 2 N–H and O–H groups in total. The van der Waals surface area contributed by atoms with Gasteiger partial charge >= 0.3 is 12.1 Å². The maximum Gasteiger partial charge on any atom is 0.418 e. The Morgan fingerprint density at radius 1 is 1.73 bits per heavy atom. The van der Waals surface area contributed by atoms with Gasteiger partial charge in [-0.1, -0.05) is 0 Å². The Labute approximate surface area is 64.1 Å². The lowest BCUT2D eigenvalue weighted by atomic mass is 10.1. The van der Waals surface area contributed by atoms with Crippen molar-refractivity contribution >= 4 is 12.1 Å². The zero-order chi connectivity index (χ0) is 8.65. The van der Waals surface area contributed by atoms with Crippen LogP contribution in [0.2, 0.25) is 0 Å². The van der Waals surface area contributed by atoms with E-state index in [2.05, 4.69) is 0 Å². The molecule has 0 bridgehead atoms. The Kier molecular flexibility index (Phi) is 1.51. The van der Waals surface area contributed by atoms with Gasteiger partial charge in [0.1, 0.15) is 5.60 Å². The van der Waals surface area contributed by atoms with E-state index in [4.69, 9.17) is 10.5 Å². The number of hydrogen-bond donors (Lipinski definition) is 1. The van der Waals surface area contributed by atoms with Crippen molar-refractivity contribution in [2.24, 2.45) is 5.73 Å². The van der Waals surface area contributed by atoms with Crippen LogP contribution in [-0.2, 0) is 4.74 Å². The van der Waals surface area contributed by atoms with Crippen molar-refractivity contribution in [3.8, 4) is 0 Å². The fourth-order valence-corrected chi connectivity index (χ4v) is 0.937. The summed E-state index contributed by atoms with van der Waals surface area (Å²) in [5.41, 5.74) is 4.29. The van der Waals surface area contributed by atoms with E-state index < -0.39 is 17.7 Å². The van der Waals surface area contributed by atoms with Gasteiger partial charge in [-0.15, -0.1) is 0 Å². The van der Waals surface area contributed by atoms with Gasteiger partial charge < -0.3 is 10.5 Å². The molecule has 1 aliphatic heterocycles. The summed E-state index contributed by atoms with van der Waals surface area (Å²) in [4.78, 5) is 22.3. The lowest BCUT2D eigenvalue weighted by Gasteiger charge is -2.12. The fourth-order valence-electron chi connectivity index (χ4n) is 0.937. The van der Waals surface area contributed by atoms with E-state index >= 15 is 0 Å². The second-order valence-electron chi connectivity index (χ2n) is 3.05. The molecule has 5 heteroatoms. The van der Waals surface area contributed by atoms with Crippen LogP contribution in [0.1, 0.15) is 13.8 Å². The highest BCUT2D eigenvalue weighted by Crippen LogP contribution is 2.20. The SMILES string of the molecule is CC1(C)CN(C(N)=O)C(=O)O1. The van der Waals surface area contributed by atoms with Gasteiger partial charge in [-0.3, -0.25) is 0 Å². The molecule has 3 amide bonds. The number of ether oxygens (including phenoxy) is 1. The molecule has 0 aliphatic carbocycles. The van der Waals surface area contributed by atoms with Crippen molar-refractivity contribution in [2.45, 2.75) is 19.4 Å². The molecule has 0 saturated carbocycles. The fraction of sp³-hybridized carbons (Fsp3) is 0.667. The molecular weight excluding hydrogens is 148 g/mol. The van der Waals surface area contributed by atoms with Crippen LogP contribution in [0, 0.1) is 0 Å². The average molecular weight is 158 g/mol. The summed E-state index contributed by atoms with van der Waals surface area (Å²) in [5.74, 6) is 0. The summed E-state index contributed by atoms with van der Waals surface area (Å²) in [6, 6.07) is -0.763. The predicted octanol–water partition coefficient (Wildman–Crippen LogP) is 0.296. The van der Waals surface area contributed by atoms with Crippen LogP contribution in [-0.4, -0.2) is 29.2 Å². The number of urea groups is 1. The van der Waals surface area contributed by atoms with E-state index in [1.807, 2.05) is 0 Å². The summed E-state index contributed by atoms with van der Waals surface area (Å²) < 4.78 is 4.81. The number of nitrogens with zero attached hydrogens (tertiary/aromatic N) is 1. The zero-order valence-corrected chi connectivity index (χ0v) is 6.46. The first kappa shape index (κ1) is 7.84. The normalized spacial score (nSPS) is 21.6. The first-order chi connectivity index (χ1) is 4.92. The Balaban J connectivity index is 2.74. The predicted molar refractivity (Wildman–Crippen MR) is 36.8 cm³/mol. The van der Waals surface area contributed by atoms with E-state index in [0.717, 1.165) is 4.90 Å². The Morgan fingerprint density at radius 2 is 2.27 bits per heavy atom. The first-order valence-corrected chi connectivity index (χ1v) is 3.22. The minimum Gasteiger partial charge on any atom is -0.441 e. The van der Waals surface area contributed by atoms with E-state index in [-0.39, 0.29) is 6.54 Å². The molecule has 11 heavy (non-hydrogen) atoms. The van der Waals surface area contributed by atoms with Crippen LogP contribution in [0.25, 0.3) is 0 Å². The molecule has 1 fully saturated rings. The number of rotatable bonds is 0. The third-order valence-electron chi connectivity index (χ3n) is 1.39. The van der Waals surface area contributed by atoms with Crippen molar-refractivity contribution in [2.75, 3.05) is 6.54 Å². The summed E-state index contributed by atoms with van der Waals surface area (Å²) in [5, 5.41) is 0. The van der Waals surface area contributed by atoms with Gasteiger partial charge in [-0.25, -0.2) is 14.5 Å². The molecule has 1 aliphatic rings. The number of primary amides is 1. The van der Waals surface area contributed by atoms with E-state index in [0.29, 0.717) is 0 Å². The maximum absolute atomic E-state index is 10.8. The van der Waals surface area contributed by atoms with Crippen molar-refractivity contribution < 1.29 is 14.3 Å². The van der Waals surface area contributed by atoms with Gasteiger partial charge in [0, 0.05) is 0 Å². The maximum atomic E-state index is 10.8. The van der Waals surface area contributed by atoms with Gasteiger partial charge in [0.15, 0.2) is 0 Å². The highest BCUT2D eigenvalue weighted by Gasteiger charge is 2.40. The van der Waals surface area contributed by atoms with Crippen molar-refractivity contribution in [3.63, 3.8) is 0 Å². The Morgan fingerprint density at radius 3 is 2.45 bits per heavy atom. The quantitative estimate of drug-likeness (QED) is 0.550. The Hall–Kier alpha value is -1.26. The minimum atomic E-state index is -0.763. The number of nitrogens with two attached hydrogens (primary N) is 1. The highest BCUT2D eigenvalue weighted by atomic mass is 16.6. The van der Waals surface area contributed by atoms with Crippen LogP contribution in [0.4, 0.5) is 9.59 Å². The third kappa shape index (κ3) is 1.42. The van der Waals surface area contributed by atoms with Gasteiger partial charge in [-0.05, 0) is 13.8 Å². The van der Waals surface area contributed by atoms with Gasteiger partial charge in [0.25, 0.3) is 0 Å². The lowest BCUT2D eigenvalue weighted by molar-refractivity contribution is 0.0863. The molecule has 0 aromatic heterocycles. The highest BCUT2D eigenvalue weighted by molar-refractivity contribution is 5.91.